The monoisotopic (exact) mass is 249 g/mol. The fourth-order valence-electron chi connectivity index (χ4n) is 0.851. The van der Waals surface area contributed by atoms with Crippen LogP contribution in [0.1, 0.15) is 0 Å². The number of hydrogen-bond donors (Lipinski definition) is 2. The third kappa shape index (κ3) is 3.33. The highest BCUT2D eigenvalue weighted by molar-refractivity contribution is 9.10. The van der Waals surface area contributed by atoms with Crippen molar-refractivity contribution < 1.29 is 9.84 Å². The summed E-state index contributed by atoms with van der Waals surface area (Å²) in [6.45, 7) is 1.56. The number of nitrogens with zero attached hydrogens (tertiary/aromatic N) is 2. The lowest BCUT2D eigenvalue weighted by molar-refractivity contribution is 0.0854. The number of aliphatic hydroxyl groups is 1. The van der Waals surface area contributed by atoms with Crippen LogP contribution in [0.4, 0.5) is 5.82 Å². The minimum atomic E-state index is 0.0466. The van der Waals surface area contributed by atoms with Crippen molar-refractivity contribution in [2.24, 2.45) is 0 Å². The maximum absolute atomic E-state index is 8.44. The van der Waals surface area contributed by atoms with Crippen molar-refractivity contribution in [1.82, 2.24) is 9.78 Å². The summed E-state index contributed by atoms with van der Waals surface area (Å²) in [7, 11) is 0. The lowest BCUT2D eigenvalue weighted by atomic mass is 10.6. The highest BCUT2D eigenvalue weighted by Gasteiger charge is 2.00. The Balaban J connectivity index is 2.29. The van der Waals surface area contributed by atoms with Crippen LogP contribution in [0.25, 0.3) is 0 Å². The van der Waals surface area contributed by atoms with Crippen molar-refractivity contribution >= 4 is 21.7 Å². The van der Waals surface area contributed by atoms with Crippen LogP contribution >= 0.6 is 15.9 Å². The number of anilines is 1. The van der Waals surface area contributed by atoms with Crippen LogP contribution in [-0.2, 0) is 11.3 Å². The Labute approximate surface area is 84.6 Å². The van der Waals surface area contributed by atoms with Gasteiger partial charge in [0.25, 0.3) is 0 Å². The molecule has 0 spiro atoms. The van der Waals surface area contributed by atoms with E-state index in [1.807, 2.05) is 0 Å². The Hall–Kier alpha value is -0.590. The first-order valence-corrected chi connectivity index (χ1v) is 4.70. The molecule has 5 nitrogen and oxygen atoms in total. The molecule has 1 aromatic heterocycles. The largest absolute Gasteiger partial charge is 0.394 e. The molecular formula is C7H12BrN3O2. The van der Waals surface area contributed by atoms with Gasteiger partial charge in [-0.3, -0.25) is 4.68 Å². The Kier molecular flexibility index (Phi) is 4.20. The molecule has 1 heterocycles. The fourth-order valence-corrected chi connectivity index (χ4v) is 1.17. The molecule has 0 amide bonds. The minimum absolute atomic E-state index is 0.0466. The van der Waals surface area contributed by atoms with Crippen molar-refractivity contribution in [3.63, 3.8) is 0 Å². The Morgan fingerprint density at radius 2 is 2.38 bits per heavy atom. The van der Waals surface area contributed by atoms with E-state index in [0.29, 0.717) is 25.6 Å². The molecule has 0 saturated heterocycles. The second-order valence-electron chi connectivity index (χ2n) is 2.46. The molecule has 0 aliphatic heterocycles. The summed E-state index contributed by atoms with van der Waals surface area (Å²) in [4.78, 5) is 0. The van der Waals surface area contributed by atoms with Crippen LogP contribution in [0, 0.1) is 0 Å². The number of nitrogens with two attached hydrogens (primary N) is 1. The van der Waals surface area contributed by atoms with Crippen LogP contribution in [0.15, 0.2) is 10.7 Å². The number of rotatable bonds is 5. The maximum atomic E-state index is 8.44. The van der Waals surface area contributed by atoms with Gasteiger partial charge in [0.05, 0.1) is 30.8 Å². The number of halogens is 1. The van der Waals surface area contributed by atoms with E-state index in [4.69, 9.17) is 15.6 Å². The zero-order valence-electron chi connectivity index (χ0n) is 7.11. The van der Waals surface area contributed by atoms with Crippen molar-refractivity contribution in [3.05, 3.63) is 10.7 Å². The van der Waals surface area contributed by atoms with Crippen molar-refractivity contribution in [2.75, 3.05) is 25.6 Å². The fraction of sp³-hybridized carbons (Fsp3) is 0.571. The average Bonchev–Trinajstić information content (AvgIpc) is 2.41. The third-order valence-corrected chi connectivity index (χ3v) is 2.05. The lowest BCUT2D eigenvalue weighted by Gasteiger charge is -2.01. The SMILES string of the molecule is Nc1nn(CCOCCO)cc1Br. The standard InChI is InChI=1S/C7H12BrN3O2/c8-6-5-11(10-7(6)9)1-3-13-4-2-12/h5,12H,1-4H2,(H2,9,10). The summed E-state index contributed by atoms with van der Waals surface area (Å²) in [5, 5.41) is 12.4. The molecule has 0 aliphatic rings. The molecule has 74 valence electrons. The first-order chi connectivity index (χ1) is 6.24. The smallest absolute Gasteiger partial charge is 0.159 e. The van der Waals surface area contributed by atoms with E-state index < -0.39 is 0 Å². The molecule has 0 saturated carbocycles. The number of aliphatic hydroxyl groups excluding tert-OH is 1. The molecule has 13 heavy (non-hydrogen) atoms. The molecule has 0 aromatic carbocycles. The van der Waals surface area contributed by atoms with E-state index in [9.17, 15) is 0 Å². The summed E-state index contributed by atoms with van der Waals surface area (Å²) < 4.78 is 7.55. The van der Waals surface area contributed by atoms with Gasteiger partial charge in [0, 0.05) is 6.20 Å². The van der Waals surface area contributed by atoms with Gasteiger partial charge in [-0.25, -0.2) is 0 Å². The number of hydrogen-bond acceptors (Lipinski definition) is 4. The zero-order chi connectivity index (χ0) is 9.68. The van der Waals surface area contributed by atoms with Crippen molar-refractivity contribution in [3.8, 4) is 0 Å². The number of aromatic nitrogens is 2. The first kappa shape index (κ1) is 10.5. The van der Waals surface area contributed by atoms with E-state index in [1.54, 1.807) is 10.9 Å². The quantitative estimate of drug-likeness (QED) is 0.734. The zero-order valence-corrected chi connectivity index (χ0v) is 8.70. The second kappa shape index (κ2) is 5.21. The highest BCUT2D eigenvalue weighted by atomic mass is 79.9. The normalized spacial score (nSPS) is 10.6. The van der Waals surface area contributed by atoms with Gasteiger partial charge >= 0.3 is 0 Å². The maximum Gasteiger partial charge on any atom is 0.159 e. The van der Waals surface area contributed by atoms with E-state index in [1.165, 1.54) is 0 Å². The Morgan fingerprint density at radius 1 is 1.62 bits per heavy atom. The molecule has 0 bridgehead atoms. The van der Waals surface area contributed by atoms with Crippen molar-refractivity contribution in [2.45, 2.75) is 6.54 Å². The molecule has 6 heteroatoms. The van der Waals surface area contributed by atoms with Gasteiger partial charge in [0.15, 0.2) is 5.82 Å². The summed E-state index contributed by atoms with van der Waals surface area (Å²) in [6, 6.07) is 0. The Morgan fingerprint density at radius 3 is 2.92 bits per heavy atom. The third-order valence-electron chi connectivity index (χ3n) is 1.44. The lowest BCUT2D eigenvalue weighted by Crippen LogP contribution is -2.09. The molecule has 0 atom stereocenters. The van der Waals surface area contributed by atoms with Gasteiger partial charge in [-0.2, -0.15) is 5.10 Å². The van der Waals surface area contributed by atoms with Crippen LogP contribution in [0.3, 0.4) is 0 Å². The van der Waals surface area contributed by atoms with Gasteiger partial charge in [0.1, 0.15) is 0 Å². The van der Waals surface area contributed by atoms with Gasteiger partial charge in [-0.05, 0) is 15.9 Å². The summed E-state index contributed by atoms with van der Waals surface area (Å²) in [5.74, 6) is 0.474. The van der Waals surface area contributed by atoms with E-state index in [2.05, 4.69) is 21.0 Å². The molecule has 1 rings (SSSR count). The van der Waals surface area contributed by atoms with E-state index in [0.717, 1.165) is 4.47 Å². The highest BCUT2D eigenvalue weighted by Crippen LogP contribution is 2.15. The number of ether oxygens (including phenoxy) is 1. The van der Waals surface area contributed by atoms with Gasteiger partial charge in [-0.15, -0.1) is 0 Å². The summed E-state index contributed by atoms with van der Waals surface area (Å²) in [6.07, 6.45) is 1.79. The van der Waals surface area contributed by atoms with Crippen LogP contribution in [-0.4, -0.2) is 34.7 Å². The molecular weight excluding hydrogens is 238 g/mol. The number of nitrogen functional groups attached to an aromatic ring is 1. The minimum Gasteiger partial charge on any atom is -0.394 e. The molecule has 0 radical (unpaired) electrons. The summed E-state index contributed by atoms with van der Waals surface area (Å²) in [5.41, 5.74) is 5.51. The Bertz CT molecular complexity index is 245. The van der Waals surface area contributed by atoms with Crippen LogP contribution in [0.5, 0.6) is 0 Å². The van der Waals surface area contributed by atoms with Crippen LogP contribution in [0.2, 0.25) is 0 Å². The predicted octanol–water partition coefficient (Wildman–Crippen LogP) is 0.237. The molecule has 0 fully saturated rings. The first-order valence-electron chi connectivity index (χ1n) is 3.91. The van der Waals surface area contributed by atoms with Gasteiger partial charge in [0.2, 0.25) is 0 Å². The molecule has 0 aliphatic carbocycles. The van der Waals surface area contributed by atoms with E-state index >= 15 is 0 Å². The topological polar surface area (TPSA) is 73.3 Å². The van der Waals surface area contributed by atoms with Gasteiger partial charge < -0.3 is 15.6 Å². The van der Waals surface area contributed by atoms with Crippen molar-refractivity contribution in [1.29, 1.82) is 0 Å². The molecule has 3 N–H and O–H groups in total. The van der Waals surface area contributed by atoms with Gasteiger partial charge in [-0.1, -0.05) is 0 Å². The summed E-state index contributed by atoms with van der Waals surface area (Å²) >= 11 is 3.25. The van der Waals surface area contributed by atoms with Crippen LogP contribution < -0.4 is 5.73 Å². The van der Waals surface area contributed by atoms with E-state index in [-0.39, 0.29) is 6.61 Å². The molecule has 0 unspecified atom stereocenters. The average molecular weight is 250 g/mol. The molecule has 1 aromatic rings. The second-order valence-corrected chi connectivity index (χ2v) is 3.32. The predicted molar refractivity (Wildman–Crippen MR) is 52.2 cm³/mol.